The van der Waals surface area contributed by atoms with E-state index in [0.717, 1.165) is 19.4 Å². The summed E-state index contributed by atoms with van der Waals surface area (Å²) < 4.78 is 0. The van der Waals surface area contributed by atoms with Crippen LogP contribution in [0, 0.1) is 6.92 Å². The van der Waals surface area contributed by atoms with E-state index in [1.807, 2.05) is 11.3 Å². The Kier molecular flexibility index (Phi) is 5.60. The zero-order valence-electron chi connectivity index (χ0n) is 11.9. The molecule has 0 saturated heterocycles. The summed E-state index contributed by atoms with van der Waals surface area (Å²) in [5, 5.41) is 4.97. The lowest BCUT2D eigenvalue weighted by molar-refractivity contribution is 0.299. The Labute approximate surface area is 110 Å². The molecule has 0 amide bonds. The van der Waals surface area contributed by atoms with Crippen molar-refractivity contribution in [2.24, 2.45) is 0 Å². The number of aryl methyl sites for hydroxylation is 2. The highest BCUT2D eigenvalue weighted by Crippen LogP contribution is 2.34. The van der Waals surface area contributed by atoms with Gasteiger partial charge in [0.1, 0.15) is 5.01 Å². The summed E-state index contributed by atoms with van der Waals surface area (Å²) >= 11 is 1.88. The van der Waals surface area contributed by atoms with Gasteiger partial charge in [0.2, 0.25) is 0 Å². The minimum Gasteiger partial charge on any atom is -0.306 e. The molecule has 17 heavy (non-hydrogen) atoms. The van der Waals surface area contributed by atoms with Crippen LogP contribution in [-0.4, -0.2) is 11.5 Å². The summed E-state index contributed by atoms with van der Waals surface area (Å²) in [4.78, 5) is 6.25. The van der Waals surface area contributed by atoms with Crippen LogP contribution in [0.3, 0.4) is 0 Å². The van der Waals surface area contributed by atoms with Gasteiger partial charge in [-0.1, -0.05) is 34.1 Å². The van der Waals surface area contributed by atoms with Crippen molar-refractivity contribution < 1.29 is 0 Å². The third-order valence-corrected chi connectivity index (χ3v) is 4.65. The van der Waals surface area contributed by atoms with Crippen LogP contribution in [0.15, 0.2) is 0 Å². The predicted octanol–water partition coefficient (Wildman–Crippen LogP) is 4.03. The van der Waals surface area contributed by atoms with Crippen LogP contribution >= 0.6 is 11.3 Å². The number of thiazole rings is 1. The maximum absolute atomic E-state index is 4.86. The number of aromatic nitrogens is 1. The first-order chi connectivity index (χ1) is 8.13. The molecule has 0 bridgehead atoms. The highest BCUT2D eigenvalue weighted by Gasteiger charge is 2.32. The SMILES string of the molecule is CCCC(CC)(NCC)c1nc(CC)c(C)s1. The van der Waals surface area contributed by atoms with Gasteiger partial charge in [-0.05, 0) is 32.7 Å². The quantitative estimate of drug-likeness (QED) is 0.794. The molecule has 0 aliphatic heterocycles. The number of rotatable bonds is 7. The molecule has 1 unspecified atom stereocenters. The molecule has 3 heteroatoms. The number of hydrogen-bond donors (Lipinski definition) is 1. The van der Waals surface area contributed by atoms with Gasteiger partial charge < -0.3 is 5.32 Å². The molecule has 2 nitrogen and oxygen atoms in total. The third-order valence-electron chi connectivity index (χ3n) is 3.43. The largest absolute Gasteiger partial charge is 0.306 e. The molecule has 1 rings (SSSR count). The van der Waals surface area contributed by atoms with Crippen molar-refractivity contribution in [2.75, 3.05) is 6.54 Å². The van der Waals surface area contributed by atoms with E-state index in [9.17, 15) is 0 Å². The predicted molar refractivity (Wildman–Crippen MR) is 76.8 cm³/mol. The van der Waals surface area contributed by atoms with Gasteiger partial charge in [0.15, 0.2) is 0 Å². The van der Waals surface area contributed by atoms with E-state index in [1.165, 1.54) is 28.4 Å². The van der Waals surface area contributed by atoms with Crippen molar-refractivity contribution in [1.82, 2.24) is 10.3 Å². The standard InChI is InChI=1S/C14H26N2S/c1-6-10-14(8-3,15-9-4)13-16-12(7-2)11(5)17-13/h15H,6-10H2,1-5H3. The van der Waals surface area contributed by atoms with Crippen molar-refractivity contribution in [3.63, 3.8) is 0 Å². The lowest BCUT2D eigenvalue weighted by Crippen LogP contribution is -2.41. The Morgan fingerprint density at radius 3 is 2.35 bits per heavy atom. The van der Waals surface area contributed by atoms with E-state index in [-0.39, 0.29) is 5.54 Å². The molecule has 1 atom stereocenters. The normalized spacial score (nSPS) is 14.9. The molecule has 0 aliphatic rings. The lowest BCUT2D eigenvalue weighted by Gasteiger charge is -2.31. The van der Waals surface area contributed by atoms with Crippen molar-refractivity contribution in [1.29, 1.82) is 0 Å². The summed E-state index contributed by atoms with van der Waals surface area (Å²) in [5.41, 5.74) is 1.38. The summed E-state index contributed by atoms with van der Waals surface area (Å²) in [6.45, 7) is 12.1. The summed E-state index contributed by atoms with van der Waals surface area (Å²) in [5.74, 6) is 0. The van der Waals surface area contributed by atoms with Crippen molar-refractivity contribution >= 4 is 11.3 Å². The van der Waals surface area contributed by atoms with Crippen LogP contribution in [-0.2, 0) is 12.0 Å². The average Bonchev–Trinajstić information content (AvgIpc) is 2.70. The van der Waals surface area contributed by atoms with Crippen LogP contribution < -0.4 is 5.32 Å². The zero-order valence-corrected chi connectivity index (χ0v) is 12.7. The van der Waals surface area contributed by atoms with Crippen LogP contribution in [0.2, 0.25) is 0 Å². The highest BCUT2D eigenvalue weighted by molar-refractivity contribution is 7.11. The summed E-state index contributed by atoms with van der Waals surface area (Å²) in [6, 6.07) is 0. The van der Waals surface area contributed by atoms with Crippen LogP contribution in [0.5, 0.6) is 0 Å². The first-order valence-corrected chi connectivity index (χ1v) is 7.66. The van der Waals surface area contributed by atoms with Gasteiger partial charge >= 0.3 is 0 Å². The average molecular weight is 254 g/mol. The molecule has 0 saturated carbocycles. The summed E-state index contributed by atoms with van der Waals surface area (Å²) in [7, 11) is 0. The number of nitrogens with zero attached hydrogens (tertiary/aromatic N) is 1. The molecule has 0 aliphatic carbocycles. The number of nitrogens with one attached hydrogen (secondary N) is 1. The van der Waals surface area contributed by atoms with Gasteiger partial charge in [-0.3, -0.25) is 0 Å². The van der Waals surface area contributed by atoms with E-state index in [1.54, 1.807) is 0 Å². The molecule has 1 aromatic rings. The molecular formula is C14H26N2S. The monoisotopic (exact) mass is 254 g/mol. The molecule has 0 fully saturated rings. The molecule has 1 N–H and O–H groups in total. The van der Waals surface area contributed by atoms with Gasteiger partial charge in [0.25, 0.3) is 0 Å². The molecule has 0 aromatic carbocycles. The first kappa shape index (κ1) is 14.7. The Bertz CT molecular complexity index is 338. The van der Waals surface area contributed by atoms with Crippen molar-refractivity contribution in [3.05, 3.63) is 15.6 Å². The van der Waals surface area contributed by atoms with Crippen molar-refractivity contribution in [3.8, 4) is 0 Å². The smallest absolute Gasteiger partial charge is 0.113 e. The zero-order chi connectivity index (χ0) is 12.9. The molecule has 0 spiro atoms. The van der Waals surface area contributed by atoms with Crippen molar-refractivity contribution in [2.45, 2.75) is 65.8 Å². The number of hydrogen-bond acceptors (Lipinski definition) is 3. The minimum atomic E-state index is 0.104. The second kappa shape index (κ2) is 6.50. The third kappa shape index (κ3) is 3.08. The summed E-state index contributed by atoms with van der Waals surface area (Å²) in [6.07, 6.45) is 4.53. The molecule has 1 aromatic heterocycles. The highest BCUT2D eigenvalue weighted by atomic mass is 32.1. The van der Waals surface area contributed by atoms with Gasteiger partial charge in [0, 0.05) is 4.88 Å². The maximum atomic E-state index is 4.86. The fourth-order valence-corrected chi connectivity index (χ4v) is 3.72. The Balaban J connectivity index is 3.10. The van der Waals surface area contributed by atoms with Gasteiger partial charge in [0.05, 0.1) is 11.2 Å². The first-order valence-electron chi connectivity index (χ1n) is 6.85. The van der Waals surface area contributed by atoms with Gasteiger partial charge in [-0.25, -0.2) is 4.98 Å². The lowest BCUT2D eigenvalue weighted by atomic mass is 9.91. The van der Waals surface area contributed by atoms with Crippen LogP contribution in [0.1, 0.15) is 62.5 Å². The van der Waals surface area contributed by atoms with Gasteiger partial charge in [-0.15, -0.1) is 11.3 Å². The fraction of sp³-hybridized carbons (Fsp3) is 0.786. The second-order valence-corrected chi connectivity index (χ2v) is 5.79. The molecule has 0 radical (unpaired) electrons. The maximum Gasteiger partial charge on any atom is 0.113 e. The minimum absolute atomic E-state index is 0.104. The Morgan fingerprint density at radius 1 is 1.24 bits per heavy atom. The molecule has 1 heterocycles. The second-order valence-electron chi connectivity index (χ2n) is 4.59. The van der Waals surface area contributed by atoms with E-state index < -0.39 is 0 Å². The van der Waals surface area contributed by atoms with E-state index >= 15 is 0 Å². The van der Waals surface area contributed by atoms with Crippen LogP contribution in [0.25, 0.3) is 0 Å². The van der Waals surface area contributed by atoms with E-state index in [2.05, 4.69) is 39.9 Å². The Hall–Kier alpha value is -0.410. The van der Waals surface area contributed by atoms with E-state index in [0.29, 0.717) is 0 Å². The fourth-order valence-electron chi connectivity index (χ4n) is 2.45. The molecule has 98 valence electrons. The van der Waals surface area contributed by atoms with Crippen LogP contribution in [0.4, 0.5) is 0 Å². The van der Waals surface area contributed by atoms with E-state index in [4.69, 9.17) is 4.98 Å². The van der Waals surface area contributed by atoms with Gasteiger partial charge in [-0.2, -0.15) is 0 Å². The Morgan fingerprint density at radius 2 is 1.94 bits per heavy atom. The topological polar surface area (TPSA) is 24.9 Å². The molecular weight excluding hydrogens is 228 g/mol.